The Hall–Kier alpha value is -3.65. The van der Waals surface area contributed by atoms with Gasteiger partial charge in [-0.15, -0.1) is 0 Å². The van der Waals surface area contributed by atoms with Crippen molar-refractivity contribution in [1.82, 2.24) is 10.2 Å². The van der Waals surface area contributed by atoms with Crippen LogP contribution in [0.15, 0.2) is 95.9 Å². The van der Waals surface area contributed by atoms with Crippen molar-refractivity contribution >= 4 is 27.5 Å². The van der Waals surface area contributed by atoms with Gasteiger partial charge in [-0.25, -0.2) is 8.42 Å². The van der Waals surface area contributed by atoms with E-state index in [2.05, 4.69) is 5.32 Å². The van der Waals surface area contributed by atoms with Crippen molar-refractivity contribution in [3.63, 3.8) is 0 Å². The number of hydrogen-bond acceptors (Lipinski definition) is 4. The lowest BCUT2D eigenvalue weighted by molar-refractivity contribution is -0.139. The van der Waals surface area contributed by atoms with Crippen LogP contribution in [0.5, 0.6) is 0 Å². The van der Waals surface area contributed by atoms with E-state index in [1.165, 1.54) is 17.0 Å². The third-order valence-electron chi connectivity index (χ3n) is 5.88. The maximum atomic E-state index is 13.8. The highest BCUT2D eigenvalue weighted by Crippen LogP contribution is 2.24. The molecular formula is C28H33N3O4S. The molecule has 3 rings (SSSR count). The van der Waals surface area contributed by atoms with Crippen molar-refractivity contribution in [2.45, 2.75) is 37.6 Å². The van der Waals surface area contributed by atoms with E-state index in [1.807, 2.05) is 44.2 Å². The number of anilines is 1. The first-order chi connectivity index (χ1) is 17.4. The van der Waals surface area contributed by atoms with Gasteiger partial charge in [0.1, 0.15) is 12.6 Å². The summed E-state index contributed by atoms with van der Waals surface area (Å²) in [5, 5.41) is 2.81. The number of rotatable bonds is 12. The van der Waals surface area contributed by atoms with Crippen molar-refractivity contribution < 1.29 is 18.0 Å². The molecule has 0 heterocycles. The van der Waals surface area contributed by atoms with E-state index < -0.39 is 28.5 Å². The second-order valence-electron chi connectivity index (χ2n) is 8.30. The zero-order valence-corrected chi connectivity index (χ0v) is 21.5. The number of carbonyl (C=O) groups excluding carboxylic acids is 2. The van der Waals surface area contributed by atoms with Gasteiger partial charge in [-0.3, -0.25) is 13.9 Å². The van der Waals surface area contributed by atoms with Crippen LogP contribution in [-0.4, -0.2) is 50.8 Å². The summed E-state index contributed by atoms with van der Waals surface area (Å²) in [6, 6.07) is 25.6. The second-order valence-corrected chi connectivity index (χ2v) is 10.2. The number of likely N-dealkylation sites (N-methyl/N-ethyl adjacent to an activating group) is 1. The Balaban J connectivity index is 1.96. The van der Waals surface area contributed by atoms with E-state index in [1.54, 1.807) is 48.5 Å². The van der Waals surface area contributed by atoms with Gasteiger partial charge >= 0.3 is 0 Å². The molecule has 1 N–H and O–H groups in total. The molecule has 0 unspecified atom stereocenters. The van der Waals surface area contributed by atoms with E-state index in [4.69, 9.17) is 0 Å². The van der Waals surface area contributed by atoms with Gasteiger partial charge in [0.05, 0.1) is 10.6 Å². The molecule has 0 aliphatic carbocycles. The average molecular weight is 508 g/mol. The minimum atomic E-state index is -4.03. The summed E-state index contributed by atoms with van der Waals surface area (Å²) in [5.41, 5.74) is 1.40. The lowest BCUT2D eigenvalue weighted by Crippen LogP contribution is -2.53. The van der Waals surface area contributed by atoms with Gasteiger partial charge in [0.25, 0.3) is 10.0 Å². The van der Waals surface area contributed by atoms with E-state index >= 15 is 0 Å². The van der Waals surface area contributed by atoms with Gasteiger partial charge in [-0.05, 0) is 49.6 Å². The maximum Gasteiger partial charge on any atom is 0.264 e. The molecule has 0 bridgehead atoms. The Kier molecular flexibility index (Phi) is 9.64. The molecule has 2 amide bonds. The number of sulfonamides is 1. The van der Waals surface area contributed by atoms with Crippen LogP contribution < -0.4 is 9.62 Å². The predicted octanol–water partition coefficient (Wildman–Crippen LogP) is 3.87. The Morgan fingerprint density at radius 3 is 1.94 bits per heavy atom. The van der Waals surface area contributed by atoms with E-state index in [9.17, 15) is 18.0 Å². The predicted molar refractivity (Wildman–Crippen MR) is 142 cm³/mol. The number of carbonyl (C=O) groups is 2. The Morgan fingerprint density at radius 1 is 0.833 bits per heavy atom. The van der Waals surface area contributed by atoms with Gasteiger partial charge in [0.15, 0.2) is 0 Å². The quantitative estimate of drug-likeness (QED) is 0.403. The first-order valence-corrected chi connectivity index (χ1v) is 13.6. The first kappa shape index (κ1) is 26.9. The van der Waals surface area contributed by atoms with Gasteiger partial charge in [0, 0.05) is 13.1 Å². The summed E-state index contributed by atoms with van der Waals surface area (Å²) in [7, 11) is -4.03. The van der Waals surface area contributed by atoms with Crippen LogP contribution in [0, 0.1) is 0 Å². The molecule has 0 spiro atoms. The molecule has 0 fully saturated rings. The van der Waals surface area contributed by atoms with Crippen LogP contribution in [0.1, 0.15) is 25.8 Å². The minimum Gasteiger partial charge on any atom is -0.355 e. The van der Waals surface area contributed by atoms with Crippen molar-refractivity contribution in [1.29, 1.82) is 0 Å². The van der Waals surface area contributed by atoms with Crippen molar-refractivity contribution in [2.75, 3.05) is 23.9 Å². The van der Waals surface area contributed by atoms with Crippen LogP contribution >= 0.6 is 0 Å². The minimum absolute atomic E-state index is 0.0910. The third kappa shape index (κ3) is 6.73. The van der Waals surface area contributed by atoms with E-state index in [-0.39, 0.29) is 17.3 Å². The fourth-order valence-electron chi connectivity index (χ4n) is 4.03. The fourth-order valence-corrected chi connectivity index (χ4v) is 5.47. The number of nitrogens with zero attached hydrogens (tertiary/aromatic N) is 2. The molecule has 1 atom stereocenters. The zero-order chi connectivity index (χ0) is 26.0. The molecule has 7 nitrogen and oxygen atoms in total. The topological polar surface area (TPSA) is 86.8 Å². The van der Waals surface area contributed by atoms with Gasteiger partial charge in [-0.1, -0.05) is 73.7 Å². The maximum absolute atomic E-state index is 13.8. The van der Waals surface area contributed by atoms with Crippen LogP contribution in [-0.2, 0) is 26.0 Å². The molecule has 3 aromatic rings. The molecule has 0 aromatic heterocycles. The highest BCUT2D eigenvalue weighted by molar-refractivity contribution is 7.92. The number of para-hydroxylation sites is 1. The number of nitrogens with one attached hydrogen (secondary N) is 1. The van der Waals surface area contributed by atoms with Gasteiger partial charge in [-0.2, -0.15) is 0 Å². The van der Waals surface area contributed by atoms with Crippen LogP contribution in [0.4, 0.5) is 5.69 Å². The third-order valence-corrected chi connectivity index (χ3v) is 7.66. The van der Waals surface area contributed by atoms with Crippen molar-refractivity contribution in [3.05, 3.63) is 96.6 Å². The molecular weight excluding hydrogens is 474 g/mol. The Morgan fingerprint density at radius 2 is 1.39 bits per heavy atom. The average Bonchev–Trinajstić information content (AvgIpc) is 2.91. The molecule has 190 valence electrons. The second kappa shape index (κ2) is 12.9. The molecule has 0 aliphatic rings. The van der Waals surface area contributed by atoms with E-state index in [0.29, 0.717) is 25.1 Å². The van der Waals surface area contributed by atoms with E-state index in [0.717, 1.165) is 9.87 Å². The molecule has 0 saturated heterocycles. The molecule has 3 aromatic carbocycles. The normalized spacial score (nSPS) is 11.9. The highest BCUT2D eigenvalue weighted by atomic mass is 32.2. The fraction of sp³-hybridized carbons (Fsp3) is 0.286. The summed E-state index contributed by atoms with van der Waals surface area (Å²) >= 11 is 0. The number of benzene rings is 3. The Labute approximate surface area is 213 Å². The lowest BCUT2D eigenvalue weighted by atomic mass is 10.1. The lowest BCUT2D eigenvalue weighted by Gasteiger charge is -2.33. The molecule has 0 radical (unpaired) electrons. The SMILES string of the molecule is CCNC(=O)[C@H](CC)N(CCc1ccccc1)C(=O)CN(c1ccccc1)S(=O)(=O)c1ccccc1. The number of hydrogen-bond donors (Lipinski definition) is 1. The van der Waals surface area contributed by atoms with Crippen LogP contribution in [0.3, 0.4) is 0 Å². The van der Waals surface area contributed by atoms with Gasteiger partial charge in [0.2, 0.25) is 11.8 Å². The standard InChI is InChI=1S/C28H33N3O4S/c1-3-26(28(33)29-4-2)30(21-20-23-14-8-5-9-15-23)27(32)22-31(24-16-10-6-11-17-24)36(34,35)25-18-12-7-13-19-25/h5-19,26H,3-4,20-22H2,1-2H3,(H,29,33)/t26-/m0/s1. The number of amides is 2. The largest absolute Gasteiger partial charge is 0.355 e. The first-order valence-electron chi connectivity index (χ1n) is 12.1. The Bertz CT molecular complexity index is 1220. The van der Waals surface area contributed by atoms with Gasteiger partial charge < -0.3 is 10.2 Å². The monoisotopic (exact) mass is 507 g/mol. The summed E-state index contributed by atoms with van der Waals surface area (Å²) < 4.78 is 28.4. The zero-order valence-electron chi connectivity index (χ0n) is 20.7. The smallest absolute Gasteiger partial charge is 0.264 e. The molecule has 8 heteroatoms. The van der Waals surface area contributed by atoms with Crippen molar-refractivity contribution in [2.24, 2.45) is 0 Å². The molecule has 0 aliphatic heterocycles. The van der Waals surface area contributed by atoms with Crippen molar-refractivity contribution in [3.8, 4) is 0 Å². The van der Waals surface area contributed by atoms with Crippen LogP contribution in [0.25, 0.3) is 0 Å². The summed E-state index contributed by atoms with van der Waals surface area (Å²) in [4.78, 5) is 28.2. The molecule has 0 saturated carbocycles. The van der Waals surface area contributed by atoms with Crippen LogP contribution in [0.2, 0.25) is 0 Å². The molecule has 36 heavy (non-hydrogen) atoms. The summed E-state index contributed by atoms with van der Waals surface area (Å²) in [5.74, 6) is -0.689. The highest BCUT2D eigenvalue weighted by Gasteiger charge is 2.33. The summed E-state index contributed by atoms with van der Waals surface area (Å²) in [6.45, 7) is 3.97. The summed E-state index contributed by atoms with van der Waals surface area (Å²) in [6.07, 6.45) is 0.947.